The molecule has 16 heavy (non-hydrogen) atoms. The Morgan fingerprint density at radius 2 is 2.31 bits per heavy atom. The van der Waals surface area contributed by atoms with Crippen LogP contribution in [0.25, 0.3) is 0 Å². The third kappa shape index (κ3) is 3.49. The average molecular weight is 221 g/mol. The summed E-state index contributed by atoms with van der Waals surface area (Å²) in [5, 5.41) is 7.90. The fourth-order valence-electron chi connectivity index (χ4n) is 1.83. The van der Waals surface area contributed by atoms with Crippen LogP contribution in [-0.2, 0) is 6.54 Å². The second-order valence-electron chi connectivity index (χ2n) is 4.01. The Kier molecular flexibility index (Phi) is 5.86. The quantitative estimate of drug-likeness (QED) is 0.684. The molecule has 1 atom stereocenters. The lowest BCUT2D eigenvalue weighted by Crippen LogP contribution is -2.24. The van der Waals surface area contributed by atoms with E-state index in [4.69, 9.17) is 0 Å². The maximum atomic E-state index is 4.36. The van der Waals surface area contributed by atoms with Gasteiger partial charge in [0.1, 0.15) is 0 Å². The van der Waals surface area contributed by atoms with Crippen LogP contribution in [0.5, 0.6) is 0 Å². The van der Waals surface area contributed by atoms with Crippen molar-refractivity contribution in [1.82, 2.24) is 15.1 Å². The van der Waals surface area contributed by atoms with E-state index in [0.29, 0.717) is 6.04 Å². The van der Waals surface area contributed by atoms with Crippen molar-refractivity contribution in [1.29, 1.82) is 0 Å². The molecule has 0 aromatic carbocycles. The van der Waals surface area contributed by atoms with Crippen molar-refractivity contribution < 1.29 is 0 Å². The van der Waals surface area contributed by atoms with E-state index in [0.717, 1.165) is 32.4 Å². The highest BCUT2D eigenvalue weighted by Crippen LogP contribution is 2.17. The summed E-state index contributed by atoms with van der Waals surface area (Å²) >= 11 is 0. The molecule has 0 aliphatic carbocycles. The van der Waals surface area contributed by atoms with Gasteiger partial charge in [0.2, 0.25) is 0 Å². The molecule has 1 heterocycles. The summed E-state index contributed by atoms with van der Waals surface area (Å²) in [6, 6.07) is 2.46. The van der Waals surface area contributed by atoms with Crippen LogP contribution < -0.4 is 5.32 Å². The van der Waals surface area contributed by atoms with E-state index in [-0.39, 0.29) is 0 Å². The van der Waals surface area contributed by atoms with Crippen LogP contribution >= 0.6 is 0 Å². The van der Waals surface area contributed by atoms with Crippen molar-refractivity contribution in [3.63, 3.8) is 0 Å². The zero-order valence-corrected chi connectivity index (χ0v) is 10.4. The average Bonchev–Trinajstić information content (AvgIpc) is 2.73. The zero-order chi connectivity index (χ0) is 11.8. The van der Waals surface area contributed by atoms with E-state index in [9.17, 15) is 0 Å². The maximum absolute atomic E-state index is 4.36. The standard InChI is InChI=1S/C13H23N3/c1-4-7-12(14-9-5-2)13-8-10-15-16(13)11-6-3/h4,8,10,12,14H,1,5-7,9,11H2,2-3H3. The SMILES string of the molecule is C=CCC(NCCC)c1ccnn1CCC. The van der Waals surface area contributed by atoms with Gasteiger partial charge in [-0.2, -0.15) is 5.10 Å². The molecule has 0 amide bonds. The molecule has 1 aromatic heterocycles. The molecular formula is C13H23N3. The summed E-state index contributed by atoms with van der Waals surface area (Å²) in [5.74, 6) is 0. The zero-order valence-electron chi connectivity index (χ0n) is 10.4. The van der Waals surface area contributed by atoms with Crippen molar-refractivity contribution >= 4 is 0 Å². The second-order valence-corrected chi connectivity index (χ2v) is 4.01. The second kappa shape index (κ2) is 7.23. The van der Waals surface area contributed by atoms with E-state index >= 15 is 0 Å². The van der Waals surface area contributed by atoms with E-state index in [1.54, 1.807) is 0 Å². The summed E-state index contributed by atoms with van der Waals surface area (Å²) in [4.78, 5) is 0. The molecule has 3 nitrogen and oxygen atoms in total. The fraction of sp³-hybridized carbons (Fsp3) is 0.615. The van der Waals surface area contributed by atoms with Crippen LogP contribution in [0.4, 0.5) is 0 Å². The molecule has 0 spiro atoms. The highest BCUT2D eigenvalue weighted by atomic mass is 15.3. The lowest BCUT2D eigenvalue weighted by Gasteiger charge is -2.18. The first-order valence-electron chi connectivity index (χ1n) is 6.19. The Morgan fingerprint density at radius 1 is 1.50 bits per heavy atom. The van der Waals surface area contributed by atoms with Crippen LogP contribution in [0.2, 0.25) is 0 Å². The van der Waals surface area contributed by atoms with Crippen molar-refractivity contribution in [2.24, 2.45) is 0 Å². The molecule has 0 fully saturated rings. The highest BCUT2D eigenvalue weighted by Gasteiger charge is 2.13. The van der Waals surface area contributed by atoms with E-state index in [1.807, 2.05) is 12.3 Å². The summed E-state index contributed by atoms with van der Waals surface area (Å²) in [5.41, 5.74) is 1.27. The van der Waals surface area contributed by atoms with Crippen LogP contribution in [-0.4, -0.2) is 16.3 Å². The minimum Gasteiger partial charge on any atom is -0.308 e. The molecule has 0 bridgehead atoms. The van der Waals surface area contributed by atoms with Crippen molar-refractivity contribution in [2.45, 2.75) is 45.7 Å². The maximum Gasteiger partial charge on any atom is 0.0556 e. The number of nitrogens with zero attached hydrogens (tertiary/aromatic N) is 2. The van der Waals surface area contributed by atoms with Crippen molar-refractivity contribution in [2.75, 3.05) is 6.54 Å². The number of aromatic nitrogens is 2. The Bertz CT molecular complexity index is 304. The van der Waals surface area contributed by atoms with Crippen LogP contribution in [0.15, 0.2) is 24.9 Å². The number of nitrogens with one attached hydrogen (secondary N) is 1. The van der Waals surface area contributed by atoms with Crippen LogP contribution in [0.3, 0.4) is 0 Å². The lowest BCUT2D eigenvalue weighted by molar-refractivity contribution is 0.473. The molecule has 1 N–H and O–H groups in total. The smallest absolute Gasteiger partial charge is 0.0556 e. The van der Waals surface area contributed by atoms with Gasteiger partial charge in [0.25, 0.3) is 0 Å². The molecule has 1 aromatic rings. The molecule has 0 aliphatic heterocycles. The van der Waals surface area contributed by atoms with Crippen LogP contribution in [0.1, 0.15) is 44.8 Å². The van der Waals surface area contributed by atoms with Gasteiger partial charge in [-0.3, -0.25) is 4.68 Å². The molecular weight excluding hydrogens is 198 g/mol. The van der Waals surface area contributed by atoms with Gasteiger partial charge in [-0.15, -0.1) is 6.58 Å². The van der Waals surface area contributed by atoms with Gasteiger partial charge < -0.3 is 5.32 Å². The largest absolute Gasteiger partial charge is 0.308 e. The van der Waals surface area contributed by atoms with Gasteiger partial charge in [-0.1, -0.05) is 19.9 Å². The highest BCUT2D eigenvalue weighted by molar-refractivity contribution is 5.08. The Balaban J connectivity index is 2.73. The van der Waals surface area contributed by atoms with Gasteiger partial charge in [0.15, 0.2) is 0 Å². The molecule has 0 saturated carbocycles. The van der Waals surface area contributed by atoms with Gasteiger partial charge >= 0.3 is 0 Å². The molecule has 0 saturated heterocycles. The predicted molar refractivity (Wildman–Crippen MR) is 68.4 cm³/mol. The van der Waals surface area contributed by atoms with E-state index < -0.39 is 0 Å². The summed E-state index contributed by atoms with van der Waals surface area (Å²) in [6.45, 7) is 10.2. The summed E-state index contributed by atoms with van der Waals surface area (Å²) in [6.07, 6.45) is 7.07. The molecule has 90 valence electrons. The first-order valence-corrected chi connectivity index (χ1v) is 6.19. The first-order chi connectivity index (χ1) is 7.83. The Labute approximate surface area is 98.5 Å². The predicted octanol–water partition coefficient (Wildman–Crippen LogP) is 2.91. The molecule has 0 aliphatic rings. The molecule has 0 radical (unpaired) electrons. The molecule has 1 rings (SSSR count). The number of hydrogen-bond donors (Lipinski definition) is 1. The number of aryl methyl sites for hydroxylation is 1. The normalized spacial score (nSPS) is 12.6. The monoisotopic (exact) mass is 221 g/mol. The summed E-state index contributed by atoms with van der Waals surface area (Å²) < 4.78 is 2.09. The minimum atomic E-state index is 0.353. The topological polar surface area (TPSA) is 29.9 Å². The van der Waals surface area contributed by atoms with E-state index in [2.05, 4.69) is 41.6 Å². The Morgan fingerprint density at radius 3 is 2.94 bits per heavy atom. The Hall–Kier alpha value is -1.09. The van der Waals surface area contributed by atoms with Gasteiger partial charge in [0, 0.05) is 12.7 Å². The molecule has 1 unspecified atom stereocenters. The van der Waals surface area contributed by atoms with Crippen molar-refractivity contribution in [3.05, 3.63) is 30.6 Å². The number of hydrogen-bond acceptors (Lipinski definition) is 2. The lowest BCUT2D eigenvalue weighted by atomic mass is 10.1. The fourth-order valence-corrected chi connectivity index (χ4v) is 1.83. The van der Waals surface area contributed by atoms with Gasteiger partial charge in [-0.25, -0.2) is 0 Å². The molecule has 3 heteroatoms. The third-order valence-corrected chi connectivity index (χ3v) is 2.58. The number of rotatable bonds is 8. The minimum absolute atomic E-state index is 0.353. The van der Waals surface area contributed by atoms with Gasteiger partial charge in [-0.05, 0) is 31.9 Å². The van der Waals surface area contributed by atoms with Gasteiger partial charge in [0.05, 0.1) is 11.7 Å². The third-order valence-electron chi connectivity index (χ3n) is 2.58. The van der Waals surface area contributed by atoms with Crippen molar-refractivity contribution in [3.8, 4) is 0 Å². The van der Waals surface area contributed by atoms with Crippen LogP contribution in [0, 0.1) is 0 Å². The van der Waals surface area contributed by atoms with E-state index in [1.165, 1.54) is 5.69 Å². The first kappa shape index (κ1) is 13.0. The summed E-state index contributed by atoms with van der Waals surface area (Å²) in [7, 11) is 0.